The van der Waals surface area contributed by atoms with Crippen molar-refractivity contribution in [3.8, 4) is 11.8 Å². The average Bonchev–Trinajstić information content (AvgIpc) is 2.75. The molecule has 1 aliphatic heterocycles. The third-order valence-electron chi connectivity index (χ3n) is 4.68. The van der Waals surface area contributed by atoms with Crippen LogP contribution in [0.4, 0.5) is 5.95 Å². The van der Waals surface area contributed by atoms with Crippen LogP contribution in [0.1, 0.15) is 34.6 Å². The molecule has 0 atom stereocenters. The number of aromatic nitrogens is 3. The number of carbonyl (C=O) groups is 1. The Hall–Kier alpha value is -2.98. The second-order valence-electron chi connectivity index (χ2n) is 6.64. The Balaban J connectivity index is 1.42. The van der Waals surface area contributed by atoms with E-state index in [0.29, 0.717) is 11.4 Å². The van der Waals surface area contributed by atoms with Crippen LogP contribution in [0.2, 0.25) is 0 Å². The number of piperazine rings is 1. The third-order valence-corrected chi connectivity index (χ3v) is 4.68. The fourth-order valence-corrected chi connectivity index (χ4v) is 3.07. The highest BCUT2D eigenvalue weighted by Gasteiger charge is 2.18. The van der Waals surface area contributed by atoms with Gasteiger partial charge in [0.25, 0.3) is 0 Å². The van der Waals surface area contributed by atoms with Gasteiger partial charge in [0.2, 0.25) is 5.95 Å². The number of hydrogen-bond donors (Lipinski definition) is 0. The molecule has 0 spiro atoms. The number of rotatable bonds is 5. The summed E-state index contributed by atoms with van der Waals surface area (Å²) in [5.74, 6) is 6.58. The van der Waals surface area contributed by atoms with Crippen molar-refractivity contribution >= 4 is 11.9 Å². The Labute approximate surface area is 165 Å². The lowest BCUT2D eigenvalue weighted by Gasteiger charge is -2.34. The maximum Gasteiger partial charge on any atom is 0.356 e. The highest BCUT2D eigenvalue weighted by molar-refractivity contribution is 5.88. The van der Waals surface area contributed by atoms with Gasteiger partial charge in [-0.05, 0) is 43.5 Å². The van der Waals surface area contributed by atoms with E-state index >= 15 is 0 Å². The Kier molecular flexibility index (Phi) is 6.93. The van der Waals surface area contributed by atoms with Gasteiger partial charge in [-0.25, -0.2) is 19.7 Å². The summed E-state index contributed by atoms with van der Waals surface area (Å²) in [4.78, 5) is 29.3. The van der Waals surface area contributed by atoms with Gasteiger partial charge in [-0.2, -0.15) is 0 Å². The molecule has 146 valence electrons. The predicted octanol–water partition coefficient (Wildman–Crippen LogP) is 1.92. The van der Waals surface area contributed by atoms with Gasteiger partial charge >= 0.3 is 5.97 Å². The van der Waals surface area contributed by atoms with E-state index in [4.69, 9.17) is 4.74 Å². The topological polar surface area (TPSA) is 71.5 Å². The number of unbranched alkanes of at least 4 members (excludes halogenated alkanes) is 1. The Morgan fingerprint density at radius 2 is 1.93 bits per heavy atom. The minimum absolute atomic E-state index is 0.328. The number of hydrogen-bond acceptors (Lipinski definition) is 7. The fraction of sp³-hybridized carbons (Fsp3) is 0.429. The van der Waals surface area contributed by atoms with Gasteiger partial charge in [0, 0.05) is 45.0 Å². The van der Waals surface area contributed by atoms with Crippen molar-refractivity contribution in [2.24, 2.45) is 0 Å². The van der Waals surface area contributed by atoms with Gasteiger partial charge in [0.1, 0.15) is 5.69 Å². The summed E-state index contributed by atoms with van der Waals surface area (Å²) in [7, 11) is 1.36. The van der Waals surface area contributed by atoms with E-state index in [0.717, 1.165) is 57.1 Å². The van der Waals surface area contributed by atoms with Crippen molar-refractivity contribution in [3.05, 3.63) is 47.5 Å². The lowest BCUT2D eigenvalue weighted by molar-refractivity contribution is 0.0593. The summed E-state index contributed by atoms with van der Waals surface area (Å²) in [6.07, 6.45) is 5.37. The Morgan fingerprint density at radius 3 is 2.64 bits per heavy atom. The van der Waals surface area contributed by atoms with E-state index in [2.05, 4.69) is 36.6 Å². The first kappa shape index (κ1) is 19.8. The third kappa shape index (κ3) is 5.27. The summed E-state index contributed by atoms with van der Waals surface area (Å²) in [5.41, 5.74) is 1.72. The predicted molar refractivity (Wildman–Crippen MR) is 107 cm³/mol. The zero-order valence-corrected chi connectivity index (χ0v) is 16.4. The number of methoxy groups -OCH3 is 1. The van der Waals surface area contributed by atoms with Crippen molar-refractivity contribution in [2.75, 3.05) is 44.7 Å². The standard InChI is InChI=1S/C21H25N5O2/c1-17-8-9-18(24-19(17)20(27)28-2)7-4-3-5-12-25-13-15-26(16-14-25)21-22-10-6-11-23-21/h6,8-11H,3,5,12-16H2,1-2H3. The normalized spacial score (nSPS) is 14.3. The number of pyridine rings is 1. The average molecular weight is 379 g/mol. The lowest BCUT2D eigenvalue weighted by Crippen LogP contribution is -2.47. The first-order chi connectivity index (χ1) is 13.7. The van der Waals surface area contributed by atoms with Crippen LogP contribution >= 0.6 is 0 Å². The van der Waals surface area contributed by atoms with Crippen LogP contribution in [0.25, 0.3) is 0 Å². The number of aryl methyl sites for hydroxylation is 1. The monoisotopic (exact) mass is 379 g/mol. The largest absolute Gasteiger partial charge is 0.464 e. The van der Waals surface area contributed by atoms with Crippen LogP contribution in [0.5, 0.6) is 0 Å². The molecule has 1 fully saturated rings. The molecule has 0 bridgehead atoms. The van der Waals surface area contributed by atoms with E-state index < -0.39 is 5.97 Å². The number of esters is 1. The van der Waals surface area contributed by atoms with E-state index in [1.54, 1.807) is 12.4 Å². The lowest BCUT2D eigenvalue weighted by atomic mass is 10.2. The number of nitrogens with zero attached hydrogens (tertiary/aromatic N) is 5. The molecule has 0 amide bonds. The summed E-state index contributed by atoms with van der Waals surface area (Å²) < 4.78 is 4.75. The summed E-state index contributed by atoms with van der Waals surface area (Å²) >= 11 is 0. The molecule has 2 aromatic rings. The minimum Gasteiger partial charge on any atom is -0.464 e. The summed E-state index contributed by atoms with van der Waals surface area (Å²) in [5, 5.41) is 0. The molecule has 7 nitrogen and oxygen atoms in total. The fourth-order valence-electron chi connectivity index (χ4n) is 3.07. The first-order valence-electron chi connectivity index (χ1n) is 9.46. The highest BCUT2D eigenvalue weighted by atomic mass is 16.5. The number of ether oxygens (including phenoxy) is 1. The molecule has 7 heteroatoms. The molecular weight excluding hydrogens is 354 g/mol. The van der Waals surface area contributed by atoms with Crippen molar-refractivity contribution in [1.82, 2.24) is 19.9 Å². The quantitative estimate of drug-likeness (QED) is 0.446. The molecule has 0 aromatic carbocycles. The van der Waals surface area contributed by atoms with Crippen LogP contribution in [-0.2, 0) is 4.74 Å². The van der Waals surface area contributed by atoms with Crippen LogP contribution in [0.15, 0.2) is 30.6 Å². The molecule has 0 unspecified atom stereocenters. The van der Waals surface area contributed by atoms with Gasteiger partial charge in [-0.3, -0.25) is 4.90 Å². The van der Waals surface area contributed by atoms with E-state index in [-0.39, 0.29) is 0 Å². The van der Waals surface area contributed by atoms with Crippen LogP contribution in [-0.4, -0.2) is 65.7 Å². The van der Waals surface area contributed by atoms with Gasteiger partial charge in [0.05, 0.1) is 7.11 Å². The zero-order chi connectivity index (χ0) is 19.8. The van der Waals surface area contributed by atoms with E-state index in [9.17, 15) is 4.79 Å². The van der Waals surface area contributed by atoms with Gasteiger partial charge in [0.15, 0.2) is 5.69 Å². The Morgan fingerprint density at radius 1 is 1.18 bits per heavy atom. The second-order valence-corrected chi connectivity index (χ2v) is 6.64. The maximum absolute atomic E-state index is 11.7. The molecule has 1 aliphatic rings. The molecular formula is C21H25N5O2. The summed E-state index contributed by atoms with van der Waals surface area (Å²) in [6, 6.07) is 5.52. The van der Waals surface area contributed by atoms with E-state index in [1.807, 2.05) is 25.1 Å². The summed E-state index contributed by atoms with van der Waals surface area (Å²) in [6.45, 7) is 6.76. The molecule has 0 radical (unpaired) electrons. The van der Waals surface area contributed by atoms with Crippen LogP contribution < -0.4 is 4.90 Å². The molecule has 0 aliphatic carbocycles. The SMILES string of the molecule is COC(=O)c1nc(C#CCCCN2CCN(c3ncccn3)CC2)ccc1C. The number of anilines is 1. The van der Waals surface area contributed by atoms with Crippen molar-refractivity contribution in [1.29, 1.82) is 0 Å². The van der Waals surface area contributed by atoms with Crippen LogP contribution in [0.3, 0.4) is 0 Å². The van der Waals surface area contributed by atoms with E-state index in [1.165, 1.54) is 7.11 Å². The minimum atomic E-state index is -0.429. The van der Waals surface area contributed by atoms with Crippen molar-refractivity contribution < 1.29 is 9.53 Å². The maximum atomic E-state index is 11.7. The molecule has 3 rings (SSSR count). The first-order valence-corrected chi connectivity index (χ1v) is 9.46. The second kappa shape index (κ2) is 9.81. The smallest absolute Gasteiger partial charge is 0.356 e. The van der Waals surface area contributed by atoms with Crippen molar-refractivity contribution in [2.45, 2.75) is 19.8 Å². The molecule has 3 heterocycles. The highest BCUT2D eigenvalue weighted by Crippen LogP contribution is 2.10. The van der Waals surface area contributed by atoms with Gasteiger partial charge in [-0.1, -0.05) is 12.0 Å². The molecule has 1 saturated heterocycles. The van der Waals surface area contributed by atoms with Crippen molar-refractivity contribution in [3.63, 3.8) is 0 Å². The zero-order valence-electron chi connectivity index (χ0n) is 16.4. The molecule has 28 heavy (non-hydrogen) atoms. The molecule has 0 saturated carbocycles. The number of carbonyl (C=O) groups excluding carboxylic acids is 1. The van der Waals surface area contributed by atoms with Crippen LogP contribution in [0, 0.1) is 18.8 Å². The Bertz CT molecular complexity index is 852. The van der Waals surface area contributed by atoms with Gasteiger partial charge < -0.3 is 9.64 Å². The molecule has 2 aromatic heterocycles. The molecule has 0 N–H and O–H groups in total. The van der Waals surface area contributed by atoms with Gasteiger partial charge in [-0.15, -0.1) is 0 Å².